The summed E-state index contributed by atoms with van der Waals surface area (Å²) in [6.45, 7) is 4.93. The molecule has 1 aromatic heterocycles. The number of β-amino-alcohol motifs (C(OH)–C–C–N with tert-alkyl or cyclic N) is 1. The standard InChI is InChI=1S/C27H34N4O4/c1-27(2,31-17-23(33)21-8-10-25(28)30-16-21)15-19-5-4-6-20(13-19)26(34)29-12-11-18-7-9-22(32)24(14-18)35-3/h4-10,13-14,16,23,31-33H,11-12,15,17H2,1-3H3,(H2,28,30)(H,29,34)/t23-/m0/s1. The quantitative estimate of drug-likeness (QED) is 0.286. The zero-order valence-corrected chi connectivity index (χ0v) is 20.4. The number of hydrogen-bond acceptors (Lipinski definition) is 7. The SMILES string of the molecule is COc1cc(CCNC(=O)c2cccc(CC(C)(C)NC[C@H](O)c3ccc(N)nc3)c2)ccc1O. The minimum absolute atomic E-state index is 0.0892. The number of ether oxygens (including phenoxy) is 1. The van der Waals surface area contributed by atoms with Gasteiger partial charge in [-0.15, -0.1) is 0 Å². The molecule has 186 valence electrons. The van der Waals surface area contributed by atoms with Crippen LogP contribution in [0, 0.1) is 0 Å². The minimum Gasteiger partial charge on any atom is -0.504 e. The van der Waals surface area contributed by atoms with Crippen molar-refractivity contribution in [1.29, 1.82) is 0 Å². The van der Waals surface area contributed by atoms with Crippen molar-refractivity contribution in [3.63, 3.8) is 0 Å². The predicted octanol–water partition coefficient (Wildman–Crippen LogP) is 2.99. The van der Waals surface area contributed by atoms with Crippen LogP contribution in [0.5, 0.6) is 11.5 Å². The lowest BCUT2D eigenvalue weighted by molar-refractivity contribution is 0.0954. The molecular formula is C27H34N4O4. The van der Waals surface area contributed by atoms with Crippen molar-refractivity contribution in [2.75, 3.05) is 25.9 Å². The summed E-state index contributed by atoms with van der Waals surface area (Å²) in [6, 6.07) is 16.1. The first-order chi connectivity index (χ1) is 16.7. The van der Waals surface area contributed by atoms with E-state index >= 15 is 0 Å². The number of amides is 1. The third-order valence-electron chi connectivity index (χ3n) is 5.75. The fourth-order valence-electron chi connectivity index (χ4n) is 3.80. The van der Waals surface area contributed by atoms with E-state index in [9.17, 15) is 15.0 Å². The van der Waals surface area contributed by atoms with Crippen molar-refractivity contribution in [3.8, 4) is 11.5 Å². The van der Waals surface area contributed by atoms with E-state index < -0.39 is 6.10 Å². The van der Waals surface area contributed by atoms with Crippen LogP contribution in [-0.2, 0) is 12.8 Å². The number of rotatable bonds is 11. The number of nitrogen functional groups attached to an aromatic ring is 1. The molecule has 0 aliphatic heterocycles. The van der Waals surface area contributed by atoms with Gasteiger partial charge in [-0.2, -0.15) is 0 Å². The highest BCUT2D eigenvalue weighted by Gasteiger charge is 2.20. The maximum atomic E-state index is 12.7. The molecule has 8 nitrogen and oxygen atoms in total. The Labute approximate surface area is 206 Å². The lowest BCUT2D eigenvalue weighted by Gasteiger charge is -2.28. The lowest BCUT2D eigenvalue weighted by atomic mass is 9.93. The van der Waals surface area contributed by atoms with Crippen molar-refractivity contribution in [2.45, 2.75) is 38.3 Å². The number of aliphatic hydroxyl groups excluding tert-OH is 1. The maximum Gasteiger partial charge on any atom is 0.251 e. The first-order valence-corrected chi connectivity index (χ1v) is 11.5. The van der Waals surface area contributed by atoms with Crippen LogP contribution in [0.1, 0.15) is 47.0 Å². The number of nitrogens with zero attached hydrogens (tertiary/aromatic N) is 1. The number of anilines is 1. The van der Waals surface area contributed by atoms with E-state index in [2.05, 4.69) is 29.5 Å². The second-order valence-electron chi connectivity index (χ2n) is 9.19. The average Bonchev–Trinajstić information content (AvgIpc) is 2.84. The molecule has 0 radical (unpaired) electrons. The Kier molecular flexibility index (Phi) is 8.68. The van der Waals surface area contributed by atoms with Crippen molar-refractivity contribution in [1.82, 2.24) is 15.6 Å². The molecule has 1 atom stereocenters. The molecule has 1 amide bonds. The van der Waals surface area contributed by atoms with E-state index in [1.807, 2.05) is 18.2 Å². The summed E-state index contributed by atoms with van der Waals surface area (Å²) in [4.78, 5) is 16.7. The highest BCUT2D eigenvalue weighted by molar-refractivity contribution is 5.94. The van der Waals surface area contributed by atoms with Gasteiger partial charge in [0.15, 0.2) is 11.5 Å². The number of hydrogen-bond donors (Lipinski definition) is 5. The van der Waals surface area contributed by atoms with Crippen LogP contribution in [-0.4, -0.2) is 46.8 Å². The lowest BCUT2D eigenvalue weighted by Crippen LogP contribution is -2.43. The number of benzene rings is 2. The number of aliphatic hydroxyl groups is 1. The number of carbonyl (C=O) groups is 1. The van der Waals surface area contributed by atoms with Crippen LogP contribution in [0.15, 0.2) is 60.8 Å². The average molecular weight is 479 g/mol. The molecular weight excluding hydrogens is 444 g/mol. The van der Waals surface area contributed by atoms with Crippen molar-refractivity contribution in [2.24, 2.45) is 0 Å². The highest BCUT2D eigenvalue weighted by Crippen LogP contribution is 2.26. The molecule has 0 saturated carbocycles. The normalized spacial score (nSPS) is 12.2. The maximum absolute atomic E-state index is 12.7. The van der Waals surface area contributed by atoms with Crippen LogP contribution < -0.4 is 21.1 Å². The first kappa shape index (κ1) is 26.0. The molecule has 0 aliphatic rings. The summed E-state index contributed by atoms with van der Waals surface area (Å²) in [6.07, 6.45) is 2.17. The zero-order valence-electron chi connectivity index (χ0n) is 20.4. The van der Waals surface area contributed by atoms with Crippen LogP contribution in [0.25, 0.3) is 0 Å². The Morgan fingerprint density at radius 1 is 1.14 bits per heavy atom. The van der Waals surface area contributed by atoms with Gasteiger partial charge < -0.3 is 31.3 Å². The molecule has 6 N–H and O–H groups in total. The van der Waals surface area contributed by atoms with Crippen LogP contribution in [0.3, 0.4) is 0 Å². The van der Waals surface area contributed by atoms with E-state index in [1.54, 1.807) is 42.6 Å². The van der Waals surface area contributed by atoms with Gasteiger partial charge in [-0.05, 0) is 68.1 Å². The van der Waals surface area contributed by atoms with Gasteiger partial charge in [0.05, 0.1) is 13.2 Å². The predicted molar refractivity (Wildman–Crippen MR) is 137 cm³/mol. The summed E-state index contributed by atoms with van der Waals surface area (Å²) >= 11 is 0. The van der Waals surface area contributed by atoms with Crippen molar-refractivity contribution < 1.29 is 19.7 Å². The van der Waals surface area contributed by atoms with Gasteiger partial charge in [-0.3, -0.25) is 4.79 Å². The molecule has 0 unspecified atom stereocenters. The van der Waals surface area contributed by atoms with Crippen LogP contribution in [0.2, 0.25) is 0 Å². The van der Waals surface area contributed by atoms with Gasteiger partial charge in [0.25, 0.3) is 5.91 Å². The number of aromatic nitrogens is 1. The fourth-order valence-corrected chi connectivity index (χ4v) is 3.80. The molecule has 2 aromatic carbocycles. The van der Waals surface area contributed by atoms with Gasteiger partial charge in [-0.1, -0.05) is 24.3 Å². The Balaban J connectivity index is 1.52. The molecule has 8 heteroatoms. The molecule has 0 spiro atoms. The van der Waals surface area contributed by atoms with Gasteiger partial charge >= 0.3 is 0 Å². The summed E-state index contributed by atoms with van der Waals surface area (Å²) in [5.41, 5.74) is 8.56. The summed E-state index contributed by atoms with van der Waals surface area (Å²) in [7, 11) is 1.50. The molecule has 3 rings (SSSR count). The van der Waals surface area contributed by atoms with E-state index in [1.165, 1.54) is 7.11 Å². The molecule has 0 fully saturated rings. The molecule has 0 bridgehead atoms. The first-order valence-electron chi connectivity index (χ1n) is 11.5. The minimum atomic E-state index is -0.701. The molecule has 3 aromatic rings. The van der Waals surface area contributed by atoms with Gasteiger partial charge in [0.2, 0.25) is 0 Å². The Morgan fingerprint density at radius 3 is 2.66 bits per heavy atom. The number of methoxy groups -OCH3 is 1. The van der Waals surface area contributed by atoms with Crippen molar-refractivity contribution in [3.05, 3.63) is 83.0 Å². The van der Waals surface area contributed by atoms with E-state index in [0.717, 1.165) is 11.1 Å². The van der Waals surface area contributed by atoms with Crippen molar-refractivity contribution >= 4 is 11.7 Å². The number of nitrogens with one attached hydrogen (secondary N) is 2. The van der Waals surface area contributed by atoms with E-state index in [4.69, 9.17) is 10.5 Å². The third-order valence-corrected chi connectivity index (χ3v) is 5.75. The molecule has 1 heterocycles. The molecule has 0 saturated heterocycles. The number of pyridine rings is 1. The van der Waals surface area contributed by atoms with Gasteiger partial charge in [-0.25, -0.2) is 4.98 Å². The number of aromatic hydroxyl groups is 1. The molecule has 0 aliphatic carbocycles. The van der Waals surface area contributed by atoms with E-state index in [0.29, 0.717) is 48.6 Å². The second-order valence-corrected chi connectivity index (χ2v) is 9.19. The Hall–Kier alpha value is -3.62. The monoisotopic (exact) mass is 478 g/mol. The fraction of sp³-hybridized carbons (Fsp3) is 0.333. The summed E-state index contributed by atoms with van der Waals surface area (Å²) in [5, 5.41) is 26.5. The Bertz CT molecular complexity index is 1130. The highest BCUT2D eigenvalue weighted by atomic mass is 16.5. The third kappa shape index (κ3) is 7.70. The van der Waals surface area contributed by atoms with Gasteiger partial charge in [0, 0.05) is 36.0 Å². The topological polar surface area (TPSA) is 130 Å². The number of nitrogens with two attached hydrogens (primary N) is 1. The number of carbonyl (C=O) groups excluding carboxylic acids is 1. The number of phenolic OH excluding ortho intramolecular Hbond substituents is 1. The largest absolute Gasteiger partial charge is 0.504 e. The van der Waals surface area contributed by atoms with Gasteiger partial charge in [0.1, 0.15) is 5.82 Å². The second kappa shape index (κ2) is 11.7. The van der Waals surface area contributed by atoms with Crippen LogP contribution in [0.4, 0.5) is 5.82 Å². The Morgan fingerprint density at radius 2 is 1.94 bits per heavy atom. The summed E-state index contributed by atoms with van der Waals surface area (Å²) < 4.78 is 5.13. The van der Waals surface area contributed by atoms with E-state index in [-0.39, 0.29) is 17.2 Å². The number of phenols is 1. The zero-order chi connectivity index (χ0) is 25.4. The van der Waals surface area contributed by atoms with Crippen LogP contribution >= 0.6 is 0 Å². The smallest absolute Gasteiger partial charge is 0.251 e. The molecule has 35 heavy (non-hydrogen) atoms. The summed E-state index contributed by atoms with van der Waals surface area (Å²) in [5.74, 6) is 0.773.